The molecule has 0 aliphatic carbocycles. The Kier molecular flexibility index (Phi) is 10.2. The number of carbonyl (C=O) groups is 3. The minimum atomic E-state index is -1.20. The molecule has 7 nitrogen and oxygen atoms in total. The number of esters is 3. The Labute approximate surface area is 124 Å². The van der Waals surface area contributed by atoms with Crippen LogP contribution in [0.3, 0.4) is 0 Å². The number of ether oxygens (including phenoxy) is 4. The predicted molar refractivity (Wildman–Crippen MR) is 73.4 cm³/mol. The average Bonchev–Trinajstić information content (AvgIpc) is 2.40. The van der Waals surface area contributed by atoms with Crippen molar-refractivity contribution in [3.05, 3.63) is 0 Å². The van der Waals surface area contributed by atoms with Crippen LogP contribution in [0.5, 0.6) is 0 Å². The summed E-state index contributed by atoms with van der Waals surface area (Å²) >= 11 is 0. The zero-order valence-corrected chi connectivity index (χ0v) is 13.0. The van der Waals surface area contributed by atoms with Crippen LogP contribution < -0.4 is 0 Å². The van der Waals surface area contributed by atoms with Gasteiger partial charge in [0.2, 0.25) is 0 Å². The lowest BCUT2D eigenvalue weighted by atomic mass is 9.90. The molecule has 0 bridgehead atoms. The largest absolute Gasteiger partial charge is 0.466 e. The van der Waals surface area contributed by atoms with Crippen molar-refractivity contribution in [2.75, 3.05) is 33.5 Å². The fourth-order valence-corrected chi connectivity index (χ4v) is 1.87. The Morgan fingerprint density at radius 3 is 1.71 bits per heavy atom. The summed E-state index contributed by atoms with van der Waals surface area (Å²) in [6.07, 6.45) is -0.121. The molecule has 1 atom stereocenters. The van der Waals surface area contributed by atoms with Crippen LogP contribution in [-0.2, 0) is 33.3 Å². The summed E-state index contributed by atoms with van der Waals surface area (Å²) in [5, 5.41) is 0. The monoisotopic (exact) mass is 304 g/mol. The van der Waals surface area contributed by atoms with Gasteiger partial charge >= 0.3 is 17.9 Å². The molecule has 0 aliphatic rings. The summed E-state index contributed by atoms with van der Waals surface area (Å²) in [6.45, 7) is 5.48. The van der Waals surface area contributed by atoms with Gasteiger partial charge in [-0.3, -0.25) is 14.4 Å². The summed E-state index contributed by atoms with van der Waals surface area (Å²) in [7, 11) is 1.42. The van der Waals surface area contributed by atoms with Gasteiger partial charge in [-0.15, -0.1) is 0 Å². The van der Waals surface area contributed by atoms with Crippen molar-refractivity contribution in [2.45, 2.75) is 27.2 Å². The standard InChI is InChI=1S/C14H24O7/c1-5-19-11(15)8-10(9-18-4)12(13(16)20-6-2)14(17)21-7-3/h10,12H,5-9H2,1-4H3. The van der Waals surface area contributed by atoms with Crippen LogP contribution in [0.1, 0.15) is 27.2 Å². The van der Waals surface area contributed by atoms with E-state index in [9.17, 15) is 14.4 Å². The maximum absolute atomic E-state index is 12.0. The Bertz CT molecular complexity index is 322. The fourth-order valence-electron chi connectivity index (χ4n) is 1.87. The SMILES string of the molecule is CCOC(=O)CC(COC)C(C(=O)OCC)C(=O)OCC. The number of methoxy groups -OCH3 is 1. The van der Waals surface area contributed by atoms with Crippen molar-refractivity contribution < 1.29 is 33.3 Å². The van der Waals surface area contributed by atoms with Gasteiger partial charge in [-0.2, -0.15) is 0 Å². The van der Waals surface area contributed by atoms with Crippen LogP contribution in [-0.4, -0.2) is 51.4 Å². The van der Waals surface area contributed by atoms with Gasteiger partial charge in [-0.25, -0.2) is 0 Å². The smallest absolute Gasteiger partial charge is 0.320 e. The quantitative estimate of drug-likeness (QED) is 0.337. The van der Waals surface area contributed by atoms with Crippen LogP contribution >= 0.6 is 0 Å². The number of hydrogen-bond acceptors (Lipinski definition) is 7. The van der Waals surface area contributed by atoms with Crippen molar-refractivity contribution in [1.29, 1.82) is 0 Å². The van der Waals surface area contributed by atoms with E-state index in [0.29, 0.717) is 0 Å². The highest BCUT2D eigenvalue weighted by Gasteiger charge is 2.38. The highest BCUT2D eigenvalue weighted by Crippen LogP contribution is 2.21. The molecule has 0 aliphatic heterocycles. The molecular weight excluding hydrogens is 280 g/mol. The maximum Gasteiger partial charge on any atom is 0.320 e. The van der Waals surface area contributed by atoms with Crippen LogP contribution in [0.4, 0.5) is 0 Å². The Morgan fingerprint density at radius 2 is 1.33 bits per heavy atom. The van der Waals surface area contributed by atoms with Crippen molar-refractivity contribution in [1.82, 2.24) is 0 Å². The van der Waals surface area contributed by atoms with Gasteiger partial charge in [-0.1, -0.05) is 0 Å². The minimum absolute atomic E-state index is 0.0428. The van der Waals surface area contributed by atoms with Gasteiger partial charge in [0.25, 0.3) is 0 Å². The summed E-state index contributed by atoms with van der Waals surface area (Å²) < 4.78 is 19.6. The van der Waals surface area contributed by atoms with Crippen molar-refractivity contribution in [2.24, 2.45) is 11.8 Å². The third-order valence-electron chi connectivity index (χ3n) is 2.67. The van der Waals surface area contributed by atoms with E-state index in [-0.39, 0.29) is 32.8 Å². The summed E-state index contributed by atoms with van der Waals surface area (Å²) in [5.41, 5.74) is 0. The molecule has 0 spiro atoms. The molecular formula is C14H24O7. The van der Waals surface area contributed by atoms with Gasteiger partial charge in [-0.05, 0) is 20.8 Å². The lowest BCUT2D eigenvalue weighted by Gasteiger charge is -2.22. The normalized spacial score (nSPS) is 11.9. The first-order chi connectivity index (χ1) is 10.0. The first-order valence-electron chi connectivity index (χ1n) is 6.99. The van der Waals surface area contributed by atoms with Gasteiger partial charge in [0.15, 0.2) is 5.92 Å². The Hall–Kier alpha value is -1.63. The van der Waals surface area contributed by atoms with E-state index in [0.717, 1.165) is 0 Å². The lowest BCUT2D eigenvalue weighted by Crippen LogP contribution is -2.38. The first-order valence-corrected chi connectivity index (χ1v) is 6.99. The van der Waals surface area contributed by atoms with Crippen LogP contribution in [0.25, 0.3) is 0 Å². The maximum atomic E-state index is 12.0. The molecule has 0 aromatic heterocycles. The minimum Gasteiger partial charge on any atom is -0.466 e. The highest BCUT2D eigenvalue weighted by molar-refractivity contribution is 5.95. The molecule has 21 heavy (non-hydrogen) atoms. The molecule has 0 saturated carbocycles. The van der Waals surface area contributed by atoms with E-state index in [1.807, 2.05) is 0 Å². The Balaban J connectivity index is 5.11. The second-order valence-corrected chi connectivity index (χ2v) is 4.21. The topological polar surface area (TPSA) is 88.1 Å². The third-order valence-corrected chi connectivity index (χ3v) is 2.67. The summed E-state index contributed by atoms with van der Waals surface area (Å²) in [5.74, 6) is -3.83. The summed E-state index contributed by atoms with van der Waals surface area (Å²) in [4.78, 5) is 35.6. The molecule has 0 fully saturated rings. The number of hydrogen-bond donors (Lipinski definition) is 0. The average molecular weight is 304 g/mol. The van der Waals surface area contributed by atoms with E-state index in [4.69, 9.17) is 18.9 Å². The molecule has 1 unspecified atom stereocenters. The lowest BCUT2D eigenvalue weighted by molar-refractivity contribution is -0.166. The zero-order valence-electron chi connectivity index (χ0n) is 13.0. The molecule has 122 valence electrons. The molecule has 7 heteroatoms. The molecule has 0 N–H and O–H groups in total. The van der Waals surface area contributed by atoms with E-state index in [2.05, 4.69) is 0 Å². The van der Waals surface area contributed by atoms with Gasteiger partial charge in [0.1, 0.15) is 0 Å². The summed E-state index contributed by atoms with van der Waals surface area (Å²) in [6, 6.07) is 0. The molecule has 0 heterocycles. The van der Waals surface area contributed by atoms with E-state index < -0.39 is 29.7 Å². The van der Waals surface area contributed by atoms with Crippen molar-refractivity contribution in [3.63, 3.8) is 0 Å². The van der Waals surface area contributed by atoms with Crippen LogP contribution in [0.2, 0.25) is 0 Å². The Morgan fingerprint density at radius 1 is 0.857 bits per heavy atom. The van der Waals surface area contributed by atoms with Crippen molar-refractivity contribution >= 4 is 17.9 Å². The fraction of sp³-hybridized carbons (Fsp3) is 0.786. The molecule has 0 amide bonds. The predicted octanol–water partition coefficient (Wildman–Crippen LogP) is 0.945. The number of rotatable bonds is 10. The molecule has 0 aromatic carbocycles. The molecule has 0 saturated heterocycles. The van der Waals surface area contributed by atoms with Crippen molar-refractivity contribution in [3.8, 4) is 0 Å². The van der Waals surface area contributed by atoms with Gasteiger partial charge in [0.05, 0.1) is 32.8 Å². The zero-order chi connectivity index (χ0) is 16.3. The van der Waals surface area contributed by atoms with Crippen LogP contribution in [0.15, 0.2) is 0 Å². The van der Waals surface area contributed by atoms with E-state index >= 15 is 0 Å². The second-order valence-electron chi connectivity index (χ2n) is 4.21. The van der Waals surface area contributed by atoms with Gasteiger partial charge in [0, 0.05) is 13.0 Å². The number of carbonyl (C=O) groups excluding carboxylic acids is 3. The molecule has 0 aromatic rings. The first kappa shape index (κ1) is 19.4. The van der Waals surface area contributed by atoms with E-state index in [1.54, 1.807) is 20.8 Å². The second kappa shape index (κ2) is 11.1. The van der Waals surface area contributed by atoms with E-state index in [1.165, 1.54) is 7.11 Å². The molecule has 0 rings (SSSR count). The van der Waals surface area contributed by atoms with Gasteiger partial charge < -0.3 is 18.9 Å². The third kappa shape index (κ3) is 7.08. The molecule has 0 radical (unpaired) electrons. The highest BCUT2D eigenvalue weighted by atomic mass is 16.6. The van der Waals surface area contributed by atoms with Crippen LogP contribution in [0, 0.1) is 11.8 Å².